The van der Waals surface area contributed by atoms with Gasteiger partial charge in [-0.15, -0.1) is 0 Å². The average molecular weight is 348 g/mol. The summed E-state index contributed by atoms with van der Waals surface area (Å²) in [5, 5.41) is 5.94. The van der Waals surface area contributed by atoms with Crippen molar-refractivity contribution in [3.8, 4) is 0 Å². The smallest absolute Gasteiger partial charge is 0.257 e. The van der Waals surface area contributed by atoms with Crippen LogP contribution < -0.4 is 5.14 Å². The van der Waals surface area contributed by atoms with Crippen LogP contribution in [0.4, 0.5) is 0 Å². The van der Waals surface area contributed by atoms with E-state index in [4.69, 9.17) is 28.3 Å². The number of imidazole rings is 1. The molecule has 1 aromatic heterocycles. The fourth-order valence-corrected chi connectivity index (χ4v) is 2.79. The van der Waals surface area contributed by atoms with Crippen molar-refractivity contribution >= 4 is 33.2 Å². The number of sulfonamides is 1. The SMILES string of the molecule is CCCc1nc(S(N)(=O)=O)cn1Cc1ccc(Cl)c(Cl)c1. The molecule has 1 heterocycles. The van der Waals surface area contributed by atoms with Crippen LogP contribution >= 0.6 is 23.2 Å². The Morgan fingerprint density at radius 1 is 1.29 bits per heavy atom. The quantitative estimate of drug-likeness (QED) is 0.902. The summed E-state index contributed by atoms with van der Waals surface area (Å²) in [5.41, 5.74) is 0.903. The van der Waals surface area contributed by atoms with Crippen LogP contribution in [0, 0.1) is 0 Å². The third kappa shape index (κ3) is 3.97. The van der Waals surface area contributed by atoms with Crippen LogP contribution in [0.2, 0.25) is 10.0 Å². The van der Waals surface area contributed by atoms with E-state index in [0.29, 0.717) is 28.8 Å². The average Bonchev–Trinajstić information content (AvgIpc) is 2.78. The van der Waals surface area contributed by atoms with Gasteiger partial charge < -0.3 is 4.57 Å². The van der Waals surface area contributed by atoms with Crippen LogP contribution in [-0.2, 0) is 23.0 Å². The minimum atomic E-state index is -3.81. The minimum absolute atomic E-state index is 0.119. The van der Waals surface area contributed by atoms with Crippen molar-refractivity contribution in [2.24, 2.45) is 5.14 Å². The van der Waals surface area contributed by atoms with Crippen molar-refractivity contribution < 1.29 is 8.42 Å². The van der Waals surface area contributed by atoms with Gasteiger partial charge in [-0.05, 0) is 24.1 Å². The third-order valence-corrected chi connectivity index (χ3v) is 4.46. The van der Waals surface area contributed by atoms with Gasteiger partial charge in [0.1, 0.15) is 5.82 Å². The van der Waals surface area contributed by atoms with Crippen molar-refractivity contribution in [2.75, 3.05) is 0 Å². The molecule has 2 N–H and O–H groups in total. The van der Waals surface area contributed by atoms with Gasteiger partial charge in [-0.1, -0.05) is 36.2 Å². The lowest BCUT2D eigenvalue weighted by Gasteiger charge is -2.08. The van der Waals surface area contributed by atoms with Gasteiger partial charge in [0.2, 0.25) is 0 Å². The molecule has 0 amide bonds. The van der Waals surface area contributed by atoms with Gasteiger partial charge in [-0.3, -0.25) is 0 Å². The lowest BCUT2D eigenvalue weighted by Crippen LogP contribution is -2.12. The van der Waals surface area contributed by atoms with Gasteiger partial charge >= 0.3 is 0 Å². The Morgan fingerprint density at radius 3 is 2.57 bits per heavy atom. The molecule has 0 saturated heterocycles. The zero-order chi connectivity index (χ0) is 15.6. The lowest BCUT2D eigenvalue weighted by atomic mass is 10.2. The number of rotatable bonds is 5. The lowest BCUT2D eigenvalue weighted by molar-refractivity contribution is 0.594. The highest BCUT2D eigenvalue weighted by molar-refractivity contribution is 7.89. The van der Waals surface area contributed by atoms with Gasteiger partial charge in [0.25, 0.3) is 10.0 Å². The highest BCUT2D eigenvalue weighted by Gasteiger charge is 2.16. The molecule has 0 saturated carbocycles. The third-order valence-electron chi connectivity index (χ3n) is 2.94. The molecule has 0 bridgehead atoms. The molecule has 0 radical (unpaired) electrons. The first-order chi connectivity index (χ1) is 9.81. The first kappa shape index (κ1) is 16.3. The van der Waals surface area contributed by atoms with Gasteiger partial charge in [0, 0.05) is 19.2 Å². The van der Waals surface area contributed by atoms with E-state index < -0.39 is 10.0 Å². The summed E-state index contributed by atoms with van der Waals surface area (Å²) in [6, 6.07) is 5.28. The molecular formula is C13H15Cl2N3O2S. The maximum atomic E-state index is 11.4. The van der Waals surface area contributed by atoms with Gasteiger partial charge in [-0.2, -0.15) is 0 Å². The van der Waals surface area contributed by atoms with Gasteiger partial charge in [0.15, 0.2) is 5.03 Å². The molecule has 0 aliphatic heterocycles. The molecule has 0 spiro atoms. The molecule has 8 heteroatoms. The topological polar surface area (TPSA) is 78.0 Å². The summed E-state index contributed by atoms with van der Waals surface area (Å²) in [6.07, 6.45) is 2.96. The van der Waals surface area contributed by atoms with E-state index in [1.54, 1.807) is 16.7 Å². The summed E-state index contributed by atoms with van der Waals surface area (Å²) in [4.78, 5) is 4.10. The van der Waals surface area contributed by atoms with E-state index >= 15 is 0 Å². The van der Waals surface area contributed by atoms with E-state index in [1.165, 1.54) is 6.20 Å². The van der Waals surface area contributed by atoms with Crippen LogP contribution in [0.5, 0.6) is 0 Å². The Balaban J connectivity index is 2.37. The summed E-state index contributed by atoms with van der Waals surface area (Å²) in [5.74, 6) is 0.674. The van der Waals surface area contributed by atoms with Crippen LogP contribution in [0.1, 0.15) is 24.7 Å². The summed E-state index contributed by atoms with van der Waals surface area (Å²) in [6.45, 7) is 2.45. The standard InChI is InChI=1S/C13H15Cl2N3O2S/c1-2-3-12-17-13(21(16,19)20)8-18(12)7-9-4-5-10(14)11(15)6-9/h4-6,8H,2-3,7H2,1H3,(H2,16,19,20). The predicted octanol–water partition coefficient (Wildman–Crippen LogP) is 2.84. The zero-order valence-electron chi connectivity index (χ0n) is 11.4. The van der Waals surface area contributed by atoms with Crippen molar-refractivity contribution in [1.29, 1.82) is 0 Å². The monoisotopic (exact) mass is 347 g/mol. The second kappa shape index (κ2) is 6.36. The fraction of sp³-hybridized carbons (Fsp3) is 0.308. The number of nitrogens with two attached hydrogens (primary N) is 1. The minimum Gasteiger partial charge on any atom is -0.329 e. The molecule has 0 atom stereocenters. The first-order valence-electron chi connectivity index (χ1n) is 6.34. The molecule has 0 aliphatic carbocycles. The summed E-state index contributed by atoms with van der Waals surface area (Å²) >= 11 is 11.9. The number of primary sulfonamides is 1. The van der Waals surface area contributed by atoms with Crippen molar-refractivity contribution in [3.63, 3.8) is 0 Å². The van der Waals surface area contributed by atoms with E-state index in [0.717, 1.165) is 12.0 Å². The van der Waals surface area contributed by atoms with Crippen LogP contribution in [0.15, 0.2) is 29.4 Å². The molecule has 0 fully saturated rings. The van der Waals surface area contributed by atoms with Gasteiger partial charge in [-0.25, -0.2) is 18.5 Å². The first-order valence-corrected chi connectivity index (χ1v) is 8.64. The Hall–Kier alpha value is -1.08. The number of hydrogen-bond acceptors (Lipinski definition) is 3. The Bertz CT molecular complexity index is 757. The number of aromatic nitrogens is 2. The number of hydrogen-bond donors (Lipinski definition) is 1. The summed E-state index contributed by atoms with van der Waals surface area (Å²) in [7, 11) is -3.81. The molecule has 1 aromatic carbocycles. The molecule has 0 unspecified atom stereocenters. The van der Waals surface area contributed by atoms with Crippen molar-refractivity contribution in [3.05, 3.63) is 45.8 Å². The highest BCUT2D eigenvalue weighted by Crippen LogP contribution is 2.23. The van der Waals surface area contributed by atoms with Crippen LogP contribution in [-0.4, -0.2) is 18.0 Å². The van der Waals surface area contributed by atoms with E-state index in [-0.39, 0.29) is 5.03 Å². The van der Waals surface area contributed by atoms with Gasteiger partial charge in [0.05, 0.1) is 10.0 Å². The molecule has 0 aliphatic rings. The fourth-order valence-electron chi connectivity index (χ4n) is 1.96. The second-order valence-electron chi connectivity index (χ2n) is 4.67. The number of aryl methyl sites for hydroxylation is 1. The maximum Gasteiger partial charge on any atom is 0.257 e. The number of halogens is 2. The zero-order valence-corrected chi connectivity index (χ0v) is 13.7. The number of nitrogens with zero attached hydrogens (tertiary/aromatic N) is 2. The van der Waals surface area contributed by atoms with Crippen molar-refractivity contribution in [2.45, 2.75) is 31.3 Å². The largest absolute Gasteiger partial charge is 0.329 e. The van der Waals surface area contributed by atoms with Crippen LogP contribution in [0.3, 0.4) is 0 Å². The molecule has 5 nitrogen and oxygen atoms in total. The molecule has 114 valence electrons. The van der Waals surface area contributed by atoms with E-state index in [9.17, 15) is 8.42 Å². The van der Waals surface area contributed by atoms with E-state index in [2.05, 4.69) is 4.98 Å². The number of benzene rings is 1. The normalized spacial score (nSPS) is 11.8. The van der Waals surface area contributed by atoms with Crippen molar-refractivity contribution in [1.82, 2.24) is 9.55 Å². The maximum absolute atomic E-state index is 11.4. The highest BCUT2D eigenvalue weighted by atomic mass is 35.5. The molecular weight excluding hydrogens is 333 g/mol. The Kier molecular flexibility index (Phi) is 4.93. The summed E-state index contributed by atoms with van der Waals surface area (Å²) < 4.78 is 24.6. The second-order valence-corrected chi connectivity index (χ2v) is 6.99. The molecule has 21 heavy (non-hydrogen) atoms. The Labute approximate surface area is 133 Å². The molecule has 2 rings (SSSR count). The van der Waals surface area contributed by atoms with E-state index in [1.807, 2.05) is 13.0 Å². The predicted molar refractivity (Wildman–Crippen MR) is 83.2 cm³/mol. The Morgan fingerprint density at radius 2 is 2.00 bits per heavy atom. The van der Waals surface area contributed by atoms with Crippen LogP contribution in [0.25, 0.3) is 0 Å². The molecule has 2 aromatic rings.